The van der Waals surface area contributed by atoms with E-state index >= 15 is 0 Å². The Bertz CT molecular complexity index is 429. The number of carbonyl (C=O) groups excluding carboxylic acids is 2. The molecule has 0 aromatic carbocycles. The van der Waals surface area contributed by atoms with Gasteiger partial charge in [0.1, 0.15) is 0 Å². The van der Waals surface area contributed by atoms with E-state index in [1.807, 2.05) is 4.90 Å². The van der Waals surface area contributed by atoms with Crippen molar-refractivity contribution in [3.05, 3.63) is 0 Å². The molecule has 3 aliphatic rings. The lowest BCUT2D eigenvalue weighted by molar-refractivity contribution is -0.139. The molecular formula is C18H33ClN4O2. The van der Waals surface area contributed by atoms with E-state index in [0.717, 1.165) is 71.7 Å². The highest BCUT2D eigenvalue weighted by atomic mass is 35.5. The van der Waals surface area contributed by atoms with E-state index < -0.39 is 0 Å². The van der Waals surface area contributed by atoms with E-state index in [2.05, 4.69) is 15.1 Å². The van der Waals surface area contributed by atoms with Crippen LogP contribution < -0.4 is 5.32 Å². The van der Waals surface area contributed by atoms with Crippen LogP contribution in [-0.4, -0.2) is 85.4 Å². The molecule has 0 atom stereocenters. The molecule has 0 aromatic heterocycles. The molecule has 25 heavy (non-hydrogen) atoms. The summed E-state index contributed by atoms with van der Waals surface area (Å²) in [7, 11) is 0. The predicted molar refractivity (Wildman–Crippen MR) is 101 cm³/mol. The first-order chi connectivity index (χ1) is 11.7. The van der Waals surface area contributed by atoms with Gasteiger partial charge in [-0.3, -0.25) is 14.5 Å². The molecule has 6 nitrogen and oxygen atoms in total. The van der Waals surface area contributed by atoms with Crippen LogP contribution in [-0.2, 0) is 9.59 Å². The highest BCUT2D eigenvalue weighted by Gasteiger charge is 2.28. The molecule has 0 spiro atoms. The van der Waals surface area contributed by atoms with Crippen molar-refractivity contribution in [3.63, 3.8) is 0 Å². The second-order valence-electron chi connectivity index (χ2n) is 7.38. The van der Waals surface area contributed by atoms with E-state index in [0.29, 0.717) is 12.3 Å². The zero-order chi connectivity index (χ0) is 16.8. The molecule has 0 unspecified atom stereocenters. The van der Waals surface area contributed by atoms with Gasteiger partial charge in [0, 0.05) is 71.2 Å². The molecule has 2 saturated heterocycles. The van der Waals surface area contributed by atoms with E-state index in [1.165, 1.54) is 19.3 Å². The third kappa shape index (κ3) is 5.83. The number of nitrogens with one attached hydrogen (secondary N) is 1. The van der Waals surface area contributed by atoms with Gasteiger partial charge in [-0.15, -0.1) is 12.4 Å². The fourth-order valence-electron chi connectivity index (χ4n) is 4.13. The first kappa shape index (κ1) is 20.5. The Morgan fingerprint density at radius 1 is 0.840 bits per heavy atom. The maximum absolute atomic E-state index is 12.6. The second-order valence-corrected chi connectivity index (χ2v) is 7.38. The maximum atomic E-state index is 12.6. The number of amides is 2. The number of piperazine rings is 2. The molecule has 2 amide bonds. The highest BCUT2D eigenvalue weighted by molar-refractivity contribution is 5.85. The van der Waals surface area contributed by atoms with Crippen LogP contribution in [0.3, 0.4) is 0 Å². The summed E-state index contributed by atoms with van der Waals surface area (Å²) in [6.45, 7) is 7.80. The van der Waals surface area contributed by atoms with Crippen molar-refractivity contribution < 1.29 is 9.59 Å². The topological polar surface area (TPSA) is 55.9 Å². The van der Waals surface area contributed by atoms with Gasteiger partial charge in [-0.2, -0.15) is 0 Å². The summed E-state index contributed by atoms with van der Waals surface area (Å²) < 4.78 is 0. The van der Waals surface area contributed by atoms with Gasteiger partial charge in [0.05, 0.1) is 0 Å². The van der Waals surface area contributed by atoms with Crippen LogP contribution >= 0.6 is 12.4 Å². The fraction of sp³-hybridized carbons (Fsp3) is 0.889. The number of halogens is 1. The monoisotopic (exact) mass is 372 g/mol. The summed E-state index contributed by atoms with van der Waals surface area (Å²) in [6.07, 6.45) is 6.49. The second kappa shape index (κ2) is 10.3. The Hall–Kier alpha value is -0.850. The van der Waals surface area contributed by atoms with Crippen molar-refractivity contribution in [2.24, 2.45) is 5.92 Å². The van der Waals surface area contributed by atoms with Crippen LogP contribution in [0.2, 0.25) is 0 Å². The van der Waals surface area contributed by atoms with Crippen molar-refractivity contribution in [1.29, 1.82) is 0 Å². The van der Waals surface area contributed by atoms with E-state index in [1.54, 1.807) is 0 Å². The molecule has 1 N–H and O–H groups in total. The number of rotatable bonds is 4. The van der Waals surface area contributed by atoms with Gasteiger partial charge >= 0.3 is 0 Å². The van der Waals surface area contributed by atoms with E-state index in [-0.39, 0.29) is 24.2 Å². The predicted octanol–water partition coefficient (Wildman–Crippen LogP) is 0.955. The first-order valence-corrected chi connectivity index (χ1v) is 9.73. The smallest absolute Gasteiger partial charge is 0.225 e. The largest absolute Gasteiger partial charge is 0.340 e. The quantitative estimate of drug-likeness (QED) is 0.798. The lowest BCUT2D eigenvalue weighted by Gasteiger charge is -2.37. The minimum atomic E-state index is 0. The van der Waals surface area contributed by atoms with Crippen LogP contribution in [0.4, 0.5) is 0 Å². The molecular weight excluding hydrogens is 340 g/mol. The number of carbonyl (C=O) groups is 2. The summed E-state index contributed by atoms with van der Waals surface area (Å²) in [5.41, 5.74) is 0. The minimum absolute atomic E-state index is 0. The molecule has 144 valence electrons. The summed E-state index contributed by atoms with van der Waals surface area (Å²) >= 11 is 0. The van der Waals surface area contributed by atoms with Crippen molar-refractivity contribution >= 4 is 24.2 Å². The van der Waals surface area contributed by atoms with Crippen LogP contribution in [0.15, 0.2) is 0 Å². The lowest BCUT2D eigenvalue weighted by atomic mass is 9.88. The number of hydrogen-bond acceptors (Lipinski definition) is 4. The Morgan fingerprint density at radius 3 is 2.12 bits per heavy atom. The van der Waals surface area contributed by atoms with Gasteiger partial charge in [0.15, 0.2) is 0 Å². The summed E-state index contributed by atoms with van der Waals surface area (Å²) in [4.78, 5) is 31.2. The van der Waals surface area contributed by atoms with Crippen LogP contribution in [0.5, 0.6) is 0 Å². The zero-order valence-corrected chi connectivity index (χ0v) is 16.1. The maximum Gasteiger partial charge on any atom is 0.225 e. The highest BCUT2D eigenvalue weighted by Crippen LogP contribution is 2.25. The van der Waals surface area contributed by atoms with Crippen molar-refractivity contribution in [1.82, 2.24) is 20.0 Å². The minimum Gasteiger partial charge on any atom is -0.340 e. The Morgan fingerprint density at radius 2 is 1.48 bits per heavy atom. The summed E-state index contributed by atoms with van der Waals surface area (Å²) in [5, 5.41) is 3.28. The van der Waals surface area contributed by atoms with Crippen molar-refractivity contribution in [2.75, 3.05) is 58.9 Å². The van der Waals surface area contributed by atoms with Crippen LogP contribution in [0.1, 0.15) is 38.5 Å². The standard InChI is InChI=1S/C18H32N4O2.ClH/c23-17(21-10-7-19-8-11-21)6-9-20-12-14-22(15-13-20)18(24)16-4-2-1-3-5-16;/h16,19H,1-15H2;1H. The number of hydrogen-bond donors (Lipinski definition) is 1. The molecule has 2 aliphatic heterocycles. The van der Waals surface area contributed by atoms with Crippen LogP contribution in [0, 0.1) is 5.92 Å². The summed E-state index contributed by atoms with van der Waals surface area (Å²) in [6, 6.07) is 0. The molecule has 7 heteroatoms. The van der Waals surface area contributed by atoms with Gasteiger partial charge in [-0.25, -0.2) is 0 Å². The van der Waals surface area contributed by atoms with E-state index in [9.17, 15) is 9.59 Å². The van der Waals surface area contributed by atoms with Crippen molar-refractivity contribution in [3.8, 4) is 0 Å². The van der Waals surface area contributed by atoms with Gasteiger partial charge in [0.2, 0.25) is 11.8 Å². The van der Waals surface area contributed by atoms with Gasteiger partial charge < -0.3 is 15.1 Å². The molecule has 1 aliphatic carbocycles. The van der Waals surface area contributed by atoms with Crippen molar-refractivity contribution in [2.45, 2.75) is 38.5 Å². The molecule has 0 aromatic rings. The Kier molecular flexibility index (Phi) is 8.46. The average Bonchev–Trinajstić information content (AvgIpc) is 2.67. The van der Waals surface area contributed by atoms with Gasteiger partial charge in [-0.05, 0) is 12.8 Å². The molecule has 2 heterocycles. The molecule has 0 bridgehead atoms. The zero-order valence-electron chi connectivity index (χ0n) is 15.3. The normalized spacial score (nSPS) is 23.2. The molecule has 3 rings (SSSR count). The number of nitrogens with zero attached hydrogens (tertiary/aromatic N) is 3. The van der Waals surface area contributed by atoms with Crippen LogP contribution in [0.25, 0.3) is 0 Å². The average molecular weight is 373 g/mol. The van der Waals surface area contributed by atoms with Gasteiger partial charge in [0.25, 0.3) is 0 Å². The Balaban J connectivity index is 0.00000225. The third-order valence-corrected chi connectivity index (χ3v) is 5.75. The Labute approximate surface area is 157 Å². The fourth-order valence-corrected chi connectivity index (χ4v) is 4.13. The SMILES string of the molecule is Cl.O=C(CCN1CCN(C(=O)C2CCCCC2)CC1)N1CCNCC1. The summed E-state index contributed by atoms with van der Waals surface area (Å²) in [5.74, 6) is 0.933. The molecule has 3 fully saturated rings. The third-order valence-electron chi connectivity index (χ3n) is 5.75. The van der Waals surface area contributed by atoms with E-state index in [4.69, 9.17) is 0 Å². The first-order valence-electron chi connectivity index (χ1n) is 9.73. The molecule has 1 saturated carbocycles. The van der Waals surface area contributed by atoms with Gasteiger partial charge in [-0.1, -0.05) is 19.3 Å². The lowest BCUT2D eigenvalue weighted by Crippen LogP contribution is -2.51. The molecule has 0 radical (unpaired) electrons.